The lowest BCUT2D eigenvalue weighted by molar-refractivity contribution is 0.475. The molecule has 116 valence electrons. The van der Waals surface area contributed by atoms with E-state index in [2.05, 4.69) is 30.3 Å². The first-order chi connectivity index (χ1) is 11.8. The molecule has 1 heterocycles. The molecule has 0 aliphatic heterocycles. The van der Waals surface area contributed by atoms with Gasteiger partial charge in [-0.3, -0.25) is 0 Å². The molecule has 0 fully saturated rings. The van der Waals surface area contributed by atoms with Gasteiger partial charge in [-0.1, -0.05) is 60.7 Å². The molecule has 0 aliphatic rings. The van der Waals surface area contributed by atoms with Gasteiger partial charge >= 0.3 is 0 Å². The zero-order valence-corrected chi connectivity index (χ0v) is 13.0. The summed E-state index contributed by atoms with van der Waals surface area (Å²) in [5.74, 6) is 0.246. The van der Waals surface area contributed by atoms with Gasteiger partial charge in [-0.2, -0.15) is 5.10 Å². The molecular formula is C21H16N2O. The summed E-state index contributed by atoms with van der Waals surface area (Å²) >= 11 is 0. The summed E-state index contributed by atoms with van der Waals surface area (Å²) < 4.78 is 1.91. The van der Waals surface area contributed by atoms with Crippen LogP contribution in [-0.4, -0.2) is 14.9 Å². The number of benzene rings is 3. The van der Waals surface area contributed by atoms with E-state index >= 15 is 0 Å². The Morgan fingerprint density at radius 2 is 1.25 bits per heavy atom. The van der Waals surface area contributed by atoms with Crippen molar-refractivity contribution in [2.24, 2.45) is 0 Å². The highest BCUT2D eigenvalue weighted by molar-refractivity contribution is 5.70. The number of aromatic hydroxyl groups is 1. The molecule has 0 amide bonds. The van der Waals surface area contributed by atoms with Gasteiger partial charge in [0.2, 0.25) is 0 Å². The number of hydrogen-bond donors (Lipinski definition) is 1. The smallest absolute Gasteiger partial charge is 0.115 e. The van der Waals surface area contributed by atoms with Gasteiger partial charge in [0.15, 0.2) is 0 Å². The quantitative estimate of drug-likeness (QED) is 0.583. The van der Waals surface area contributed by atoms with Crippen LogP contribution in [0.1, 0.15) is 0 Å². The second-order valence-electron chi connectivity index (χ2n) is 5.58. The van der Waals surface area contributed by atoms with Crippen LogP contribution in [0, 0.1) is 0 Å². The average Bonchev–Trinajstić information content (AvgIpc) is 3.09. The first kappa shape index (κ1) is 14.3. The summed E-state index contributed by atoms with van der Waals surface area (Å²) in [6.07, 6.45) is 0. The minimum atomic E-state index is 0.246. The Hall–Kier alpha value is -3.33. The predicted molar refractivity (Wildman–Crippen MR) is 96.1 cm³/mol. The highest BCUT2D eigenvalue weighted by atomic mass is 16.3. The van der Waals surface area contributed by atoms with Gasteiger partial charge < -0.3 is 5.11 Å². The third-order valence-electron chi connectivity index (χ3n) is 3.94. The van der Waals surface area contributed by atoms with Gasteiger partial charge in [0.25, 0.3) is 0 Å². The molecule has 0 unspecified atom stereocenters. The topological polar surface area (TPSA) is 38.0 Å². The summed E-state index contributed by atoms with van der Waals surface area (Å²) in [7, 11) is 0. The monoisotopic (exact) mass is 312 g/mol. The van der Waals surface area contributed by atoms with Crippen LogP contribution in [0.4, 0.5) is 0 Å². The summed E-state index contributed by atoms with van der Waals surface area (Å²) in [5, 5.41) is 14.3. The molecule has 24 heavy (non-hydrogen) atoms. The van der Waals surface area contributed by atoms with Crippen LogP contribution in [0.25, 0.3) is 28.2 Å². The second-order valence-corrected chi connectivity index (χ2v) is 5.58. The summed E-state index contributed by atoms with van der Waals surface area (Å²) in [5.41, 5.74) is 5.02. The van der Waals surface area contributed by atoms with Gasteiger partial charge in [-0.15, -0.1) is 0 Å². The number of hydrogen-bond acceptors (Lipinski definition) is 2. The number of aromatic nitrogens is 2. The number of nitrogens with zero attached hydrogens (tertiary/aromatic N) is 2. The van der Waals surface area contributed by atoms with Crippen molar-refractivity contribution in [1.29, 1.82) is 0 Å². The lowest BCUT2D eigenvalue weighted by Gasteiger charge is -2.07. The largest absolute Gasteiger partial charge is 0.508 e. The second kappa shape index (κ2) is 6.05. The molecule has 0 atom stereocenters. The van der Waals surface area contributed by atoms with E-state index in [1.54, 1.807) is 12.1 Å². The van der Waals surface area contributed by atoms with E-state index in [-0.39, 0.29) is 5.75 Å². The van der Waals surface area contributed by atoms with Crippen molar-refractivity contribution in [3.63, 3.8) is 0 Å². The van der Waals surface area contributed by atoms with Crippen molar-refractivity contribution in [1.82, 2.24) is 9.78 Å². The number of rotatable bonds is 3. The highest BCUT2D eigenvalue weighted by Crippen LogP contribution is 2.29. The molecule has 3 aromatic carbocycles. The Morgan fingerprint density at radius 1 is 0.667 bits per heavy atom. The summed E-state index contributed by atoms with van der Waals surface area (Å²) in [6.45, 7) is 0. The van der Waals surface area contributed by atoms with Crippen molar-refractivity contribution < 1.29 is 5.11 Å². The van der Waals surface area contributed by atoms with E-state index in [1.807, 2.05) is 53.2 Å². The lowest BCUT2D eigenvalue weighted by Crippen LogP contribution is -1.98. The van der Waals surface area contributed by atoms with E-state index < -0.39 is 0 Å². The van der Waals surface area contributed by atoms with Crippen LogP contribution in [0.2, 0.25) is 0 Å². The van der Waals surface area contributed by atoms with E-state index in [0.29, 0.717) is 0 Å². The molecule has 1 N–H and O–H groups in total. The maximum absolute atomic E-state index is 9.54. The van der Waals surface area contributed by atoms with Crippen LogP contribution in [0.15, 0.2) is 91.0 Å². The fourth-order valence-corrected chi connectivity index (χ4v) is 2.74. The van der Waals surface area contributed by atoms with Crippen LogP contribution in [0.3, 0.4) is 0 Å². The van der Waals surface area contributed by atoms with Crippen LogP contribution >= 0.6 is 0 Å². The molecule has 0 radical (unpaired) electrons. The Bertz CT molecular complexity index is 942. The predicted octanol–water partition coefficient (Wildman–Crippen LogP) is 4.91. The lowest BCUT2D eigenvalue weighted by atomic mass is 10.1. The average molecular weight is 312 g/mol. The zero-order chi connectivity index (χ0) is 16.4. The maximum Gasteiger partial charge on any atom is 0.115 e. The zero-order valence-electron chi connectivity index (χ0n) is 13.0. The standard InChI is InChI=1S/C21H16N2O/c24-19-13-11-18(12-14-19)23-21(17-9-5-2-6-10-17)15-20(22-23)16-7-3-1-4-8-16/h1-15,24H. The van der Waals surface area contributed by atoms with Gasteiger partial charge in [0.05, 0.1) is 17.1 Å². The molecular weight excluding hydrogens is 296 g/mol. The molecule has 4 aromatic rings. The fourth-order valence-electron chi connectivity index (χ4n) is 2.74. The van der Waals surface area contributed by atoms with Crippen molar-refractivity contribution in [2.75, 3.05) is 0 Å². The van der Waals surface area contributed by atoms with Gasteiger partial charge in [-0.25, -0.2) is 4.68 Å². The molecule has 0 saturated carbocycles. The van der Waals surface area contributed by atoms with E-state index in [0.717, 1.165) is 28.2 Å². The summed E-state index contributed by atoms with van der Waals surface area (Å²) in [4.78, 5) is 0. The Labute approximate surface area is 140 Å². The fraction of sp³-hybridized carbons (Fsp3) is 0. The minimum absolute atomic E-state index is 0.246. The molecule has 3 heteroatoms. The van der Waals surface area contributed by atoms with E-state index in [9.17, 15) is 5.11 Å². The SMILES string of the molecule is Oc1ccc(-n2nc(-c3ccccc3)cc2-c2ccccc2)cc1. The molecule has 0 aliphatic carbocycles. The van der Waals surface area contributed by atoms with Crippen molar-refractivity contribution in [2.45, 2.75) is 0 Å². The van der Waals surface area contributed by atoms with Crippen molar-refractivity contribution >= 4 is 0 Å². The maximum atomic E-state index is 9.54. The summed E-state index contributed by atoms with van der Waals surface area (Å²) in [6, 6.07) is 29.5. The van der Waals surface area contributed by atoms with E-state index in [4.69, 9.17) is 5.10 Å². The van der Waals surface area contributed by atoms with Gasteiger partial charge in [0.1, 0.15) is 5.75 Å². The number of phenolic OH excluding ortho intramolecular Hbond substituents is 1. The Morgan fingerprint density at radius 3 is 1.88 bits per heavy atom. The Kier molecular flexibility index (Phi) is 3.60. The highest BCUT2D eigenvalue weighted by Gasteiger charge is 2.12. The first-order valence-corrected chi connectivity index (χ1v) is 7.81. The van der Waals surface area contributed by atoms with Gasteiger partial charge in [-0.05, 0) is 30.3 Å². The molecule has 0 bridgehead atoms. The van der Waals surface area contributed by atoms with Crippen molar-refractivity contribution in [3.8, 4) is 34.0 Å². The van der Waals surface area contributed by atoms with Gasteiger partial charge in [0, 0.05) is 11.1 Å². The molecule has 0 saturated heterocycles. The Balaban J connectivity index is 1.90. The van der Waals surface area contributed by atoms with Crippen LogP contribution in [0.5, 0.6) is 5.75 Å². The molecule has 4 rings (SSSR count). The molecule has 3 nitrogen and oxygen atoms in total. The minimum Gasteiger partial charge on any atom is -0.508 e. The number of phenols is 1. The third kappa shape index (κ3) is 2.68. The molecule has 1 aromatic heterocycles. The molecule has 0 spiro atoms. The first-order valence-electron chi connectivity index (χ1n) is 7.81. The van der Waals surface area contributed by atoms with Crippen molar-refractivity contribution in [3.05, 3.63) is 91.0 Å². The third-order valence-corrected chi connectivity index (χ3v) is 3.94. The van der Waals surface area contributed by atoms with E-state index in [1.165, 1.54) is 0 Å². The van der Waals surface area contributed by atoms with Crippen LogP contribution in [-0.2, 0) is 0 Å². The van der Waals surface area contributed by atoms with Crippen LogP contribution < -0.4 is 0 Å². The normalized spacial score (nSPS) is 10.7.